The summed E-state index contributed by atoms with van der Waals surface area (Å²) in [7, 11) is 0. The van der Waals surface area contributed by atoms with Gasteiger partial charge in [-0.05, 0) is 25.0 Å². The van der Waals surface area contributed by atoms with Crippen molar-refractivity contribution in [3.8, 4) is 6.01 Å². The first kappa shape index (κ1) is 10.6. The van der Waals surface area contributed by atoms with Gasteiger partial charge in [0.25, 0.3) is 6.01 Å². The molecule has 0 bridgehead atoms. The van der Waals surface area contributed by atoms with Crippen LogP contribution >= 0.6 is 0 Å². The number of nitrogens with one attached hydrogen (secondary N) is 1. The van der Waals surface area contributed by atoms with E-state index in [1.165, 1.54) is 12.8 Å². The Balaban J connectivity index is 1.72. The van der Waals surface area contributed by atoms with Gasteiger partial charge < -0.3 is 15.5 Å². The van der Waals surface area contributed by atoms with Crippen molar-refractivity contribution >= 4 is 11.0 Å². The highest BCUT2D eigenvalue weighted by atomic mass is 16.5. The minimum Gasteiger partial charge on any atom is -0.463 e. The van der Waals surface area contributed by atoms with Crippen LogP contribution in [0.25, 0.3) is 11.0 Å². The van der Waals surface area contributed by atoms with Gasteiger partial charge in [0.1, 0.15) is 6.61 Å². The summed E-state index contributed by atoms with van der Waals surface area (Å²) in [5, 5.41) is 0. The molecule has 90 valence electrons. The molecule has 1 fully saturated rings. The molecular formula is C13H17N3O. The van der Waals surface area contributed by atoms with E-state index in [4.69, 9.17) is 10.5 Å². The van der Waals surface area contributed by atoms with Crippen LogP contribution in [0.4, 0.5) is 0 Å². The van der Waals surface area contributed by atoms with Crippen molar-refractivity contribution in [1.82, 2.24) is 9.97 Å². The lowest BCUT2D eigenvalue weighted by Crippen LogP contribution is -2.42. The second kappa shape index (κ2) is 4.04. The molecule has 1 heterocycles. The zero-order valence-corrected chi connectivity index (χ0v) is 9.78. The predicted octanol–water partition coefficient (Wildman–Crippen LogP) is 2.21. The molecule has 4 nitrogen and oxygen atoms in total. The number of fused-ring (bicyclic) bond motifs is 1. The van der Waals surface area contributed by atoms with E-state index in [9.17, 15) is 0 Å². The van der Waals surface area contributed by atoms with Crippen LogP contribution in [0.2, 0.25) is 0 Å². The Kier molecular flexibility index (Phi) is 2.52. The second-order valence-electron chi connectivity index (χ2n) is 4.92. The molecule has 1 saturated carbocycles. The van der Waals surface area contributed by atoms with Crippen molar-refractivity contribution in [2.75, 3.05) is 6.61 Å². The molecule has 0 aliphatic heterocycles. The number of aromatic nitrogens is 2. The normalized spacial score (nSPS) is 18.6. The molecule has 3 N–H and O–H groups in total. The molecular weight excluding hydrogens is 214 g/mol. The van der Waals surface area contributed by atoms with Gasteiger partial charge in [-0.15, -0.1) is 0 Å². The molecule has 1 aromatic carbocycles. The van der Waals surface area contributed by atoms with E-state index in [-0.39, 0.29) is 5.54 Å². The van der Waals surface area contributed by atoms with Gasteiger partial charge in [-0.1, -0.05) is 25.0 Å². The lowest BCUT2D eigenvalue weighted by atomic mass is 10.0. The van der Waals surface area contributed by atoms with E-state index in [1.807, 2.05) is 24.3 Å². The third-order valence-electron chi connectivity index (χ3n) is 3.46. The van der Waals surface area contributed by atoms with E-state index in [0.717, 1.165) is 23.9 Å². The van der Waals surface area contributed by atoms with Crippen LogP contribution in [0, 0.1) is 0 Å². The minimum atomic E-state index is -0.154. The molecule has 0 atom stereocenters. The standard InChI is InChI=1S/C13H17N3O/c14-13(7-3-4-8-13)9-17-12-15-10-5-1-2-6-11(10)16-12/h1-2,5-6H,3-4,7-9,14H2,(H,15,16). The highest BCUT2D eigenvalue weighted by molar-refractivity contribution is 5.75. The van der Waals surface area contributed by atoms with E-state index in [0.29, 0.717) is 12.6 Å². The third kappa shape index (κ3) is 2.13. The maximum atomic E-state index is 6.23. The van der Waals surface area contributed by atoms with Gasteiger partial charge in [0.05, 0.1) is 16.6 Å². The Morgan fingerprint density at radius 3 is 2.82 bits per heavy atom. The van der Waals surface area contributed by atoms with Crippen LogP contribution in [0.15, 0.2) is 24.3 Å². The zero-order valence-electron chi connectivity index (χ0n) is 9.78. The van der Waals surface area contributed by atoms with Gasteiger partial charge >= 0.3 is 0 Å². The van der Waals surface area contributed by atoms with Crippen molar-refractivity contribution < 1.29 is 4.74 Å². The van der Waals surface area contributed by atoms with Crippen molar-refractivity contribution in [3.63, 3.8) is 0 Å². The largest absolute Gasteiger partial charge is 0.463 e. The van der Waals surface area contributed by atoms with E-state index in [2.05, 4.69) is 9.97 Å². The summed E-state index contributed by atoms with van der Waals surface area (Å²) in [6.07, 6.45) is 4.51. The van der Waals surface area contributed by atoms with Crippen LogP contribution in [-0.4, -0.2) is 22.1 Å². The lowest BCUT2D eigenvalue weighted by Gasteiger charge is -2.22. The number of ether oxygens (including phenoxy) is 1. The summed E-state index contributed by atoms with van der Waals surface area (Å²) in [6, 6.07) is 8.47. The number of imidazole rings is 1. The maximum Gasteiger partial charge on any atom is 0.294 e. The highest BCUT2D eigenvalue weighted by Gasteiger charge is 2.30. The first-order valence-corrected chi connectivity index (χ1v) is 6.12. The molecule has 1 aliphatic rings. The number of hydrogen-bond acceptors (Lipinski definition) is 3. The van der Waals surface area contributed by atoms with E-state index in [1.54, 1.807) is 0 Å². The average Bonchev–Trinajstić information content (AvgIpc) is 2.93. The molecule has 3 rings (SSSR count). The van der Waals surface area contributed by atoms with Gasteiger partial charge in [-0.25, -0.2) is 0 Å². The van der Waals surface area contributed by atoms with Crippen LogP contribution in [-0.2, 0) is 0 Å². The fourth-order valence-corrected chi connectivity index (χ4v) is 2.43. The molecule has 1 aromatic heterocycles. The van der Waals surface area contributed by atoms with Crippen molar-refractivity contribution in [2.45, 2.75) is 31.2 Å². The summed E-state index contributed by atoms with van der Waals surface area (Å²) in [5.41, 5.74) is 8.01. The predicted molar refractivity (Wildman–Crippen MR) is 67.0 cm³/mol. The van der Waals surface area contributed by atoms with Crippen molar-refractivity contribution in [2.24, 2.45) is 5.73 Å². The molecule has 2 aromatic rings. The number of hydrogen-bond donors (Lipinski definition) is 2. The van der Waals surface area contributed by atoms with Crippen LogP contribution in [0.3, 0.4) is 0 Å². The molecule has 0 radical (unpaired) electrons. The number of nitrogens with zero attached hydrogens (tertiary/aromatic N) is 1. The molecule has 0 spiro atoms. The summed E-state index contributed by atoms with van der Waals surface area (Å²) in [5.74, 6) is 0. The molecule has 1 aliphatic carbocycles. The number of aromatic amines is 1. The highest BCUT2D eigenvalue weighted by Crippen LogP contribution is 2.27. The number of nitrogens with two attached hydrogens (primary N) is 1. The van der Waals surface area contributed by atoms with Gasteiger partial charge in [-0.3, -0.25) is 0 Å². The Bertz CT molecular complexity index is 481. The molecule has 17 heavy (non-hydrogen) atoms. The fourth-order valence-electron chi connectivity index (χ4n) is 2.43. The van der Waals surface area contributed by atoms with E-state index >= 15 is 0 Å². The lowest BCUT2D eigenvalue weighted by molar-refractivity contribution is 0.208. The smallest absolute Gasteiger partial charge is 0.294 e. The maximum absolute atomic E-state index is 6.23. The molecule has 4 heteroatoms. The third-order valence-corrected chi connectivity index (χ3v) is 3.46. The van der Waals surface area contributed by atoms with Gasteiger partial charge in [0.15, 0.2) is 0 Å². The van der Waals surface area contributed by atoms with Crippen LogP contribution in [0.5, 0.6) is 6.01 Å². The summed E-state index contributed by atoms with van der Waals surface area (Å²) < 4.78 is 5.69. The first-order chi connectivity index (χ1) is 8.25. The Labute approximate surface area is 100 Å². The molecule has 0 saturated heterocycles. The summed E-state index contributed by atoms with van der Waals surface area (Å²) in [6.45, 7) is 0.548. The number of H-pyrrole nitrogens is 1. The van der Waals surface area contributed by atoms with Crippen molar-refractivity contribution in [3.05, 3.63) is 24.3 Å². The van der Waals surface area contributed by atoms with Crippen LogP contribution in [0.1, 0.15) is 25.7 Å². The summed E-state index contributed by atoms with van der Waals surface area (Å²) in [4.78, 5) is 7.52. The number of benzene rings is 1. The van der Waals surface area contributed by atoms with Crippen molar-refractivity contribution in [1.29, 1.82) is 0 Å². The van der Waals surface area contributed by atoms with E-state index < -0.39 is 0 Å². The Hall–Kier alpha value is -1.55. The number of para-hydroxylation sites is 2. The summed E-state index contributed by atoms with van der Waals surface area (Å²) >= 11 is 0. The monoisotopic (exact) mass is 231 g/mol. The quantitative estimate of drug-likeness (QED) is 0.851. The Morgan fingerprint density at radius 2 is 2.06 bits per heavy atom. The van der Waals surface area contributed by atoms with Gasteiger partial charge in [0.2, 0.25) is 0 Å². The zero-order chi connectivity index (χ0) is 11.7. The second-order valence-corrected chi connectivity index (χ2v) is 4.92. The molecule has 0 amide bonds. The van der Waals surface area contributed by atoms with Crippen LogP contribution < -0.4 is 10.5 Å². The minimum absolute atomic E-state index is 0.154. The van der Waals surface area contributed by atoms with Gasteiger partial charge in [0, 0.05) is 0 Å². The fraction of sp³-hybridized carbons (Fsp3) is 0.462. The molecule has 0 unspecified atom stereocenters. The topological polar surface area (TPSA) is 63.9 Å². The average molecular weight is 231 g/mol. The SMILES string of the molecule is NC1(COc2nc3ccccc3[nH]2)CCCC1. The number of rotatable bonds is 3. The first-order valence-electron chi connectivity index (χ1n) is 6.12. The van der Waals surface area contributed by atoms with Gasteiger partial charge in [-0.2, -0.15) is 4.98 Å². The Morgan fingerprint density at radius 1 is 1.29 bits per heavy atom.